The molecule has 3 aromatic rings. The van der Waals surface area contributed by atoms with E-state index in [0.29, 0.717) is 6.42 Å². The molecule has 1 aromatic heterocycles. The normalized spacial score (nSPS) is 12.7. The van der Waals surface area contributed by atoms with E-state index in [4.69, 9.17) is 5.73 Å². The first-order chi connectivity index (χ1) is 14.8. The molecule has 0 saturated carbocycles. The van der Waals surface area contributed by atoms with Crippen LogP contribution in [0.25, 0.3) is 11.1 Å². The van der Waals surface area contributed by atoms with Crippen LogP contribution >= 0.6 is 0 Å². The predicted octanol–water partition coefficient (Wildman–Crippen LogP) is 1.86. The first kappa shape index (κ1) is 21.9. The third-order valence-corrected chi connectivity index (χ3v) is 4.90. The van der Waals surface area contributed by atoms with E-state index in [1.807, 2.05) is 54.6 Å². The average molecular weight is 420 g/mol. The summed E-state index contributed by atoms with van der Waals surface area (Å²) in [6.07, 6.45) is -1.07. The quantitative estimate of drug-likeness (QED) is 0.392. The lowest BCUT2D eigenvalue weighted by Gasteiger charge is -2.20. The molecule has 0 radical (unpaired) electrons. The monoisotopic (exact) mass is 420 g/mol. The molecule has 3 rings (SSSR count). The fourth-order valence-electron chi connectivity index (χ4n) is 3.21. The molecule has 0 unspecified atom stereocenters. The van der Waals surface area contributed by atoms with Crippen LogP contribution in [0, 0.1) is 0 Å². The first-order valence-corrected chi connectivity index (χ1v) is 9.82. The first-order valence-electron chi connectivity index (χ1n) is 9.82. The fourth-order valence-corrected chi connectivity index (χ4v) is 3.21. The van der Waals surface area contributed by atoms with Crippen molar-refractivity contribution in [3.05, 3.63) is 77.6 Å². The van der Waals surface area contributed by atoms with Gasteiger partial charge in [0.2, 0.25) is 5.91 Å². The summed E-state index contributed by atoms with van der Waals surface area (Å²) in [5.41, 5.74) is 8.50. The van der Waals surface area contributed by atoms with Gasteiger partial charge in [0.1, 0.15) is 17.5 Å². The number of primary amides is 1. The minimum atomic E-state index is -1.40. The van der Waals surface area contributed by atoms with E-state index in [9.17, 15) is 19.5 Å². The van der Waals surface area contributed by atoms with Crippen molar-refractivity contribution < 1.29 is 19.5 Å². The summed E-state index contributed by atoms with van der Waals surface area (Å²) >= 11 is 0. The Morgan fingerprint density at radius 2 is 1.71 bits per heavy atom. The molecule has 8 heteroatoms. The maximum absolute atomic E-state index is 12.6. The van der Waals surface area contributed by atoms with Crippen molar-refractivity contribution in [1.82, 2.24) is 15.5 Å². The minimum absolute atomic E-state index is 0.0464. The van der Waals surface area contributed by atoms with Gasteiger partial charge in [-0.25, -0.2) is 0 Å². The van der Waals surface area contributed by atoms with Crippen LogP contribution in [-0.2, 0) is 11.2 Å². The highest BCUT2D eigenvalue weighted by molar-refractivity contribution is 5.97. The molecule has 2 amide bonds. The standard InChI is InChI=1S/C23H24N4O4/c1-14(28)19-13-20(27-26-19)23(31)25-18(12-21(29)22(24)30)11-15-7-9-17(10-8-15)16-5-3-2-4-6-16/h2-10,13,18,21,29H,11-12H2,1H3,(H2,24,30)(H,25,31)(H,26,27)/t18-,21-/m1/s1. The summed E-state index contributed by atoms with van der Waals surface area (Å²) in [5, 5.41) is 19.0. The van der Waals surface area contributed by atoms with E-state index in [1.54, 1.807) is 0 Å². The number of nitrogens with zero attached hydrogens (tertiary/aromatic N) is 1. The molecule has 0 saturated heterocycles. The number of aromatic amines is 1. The minimum Gasteiger partial charge on any atom is -0.383 e. The van der Waals surface area contributed by atoms with E-state index < -0.39 is 24.0 Å². The second-order valence-electron chi connectivity index (χ2n) is 7.31. The molecule has 160 valence electrons. The number of aliphatic hydroxyl groups excluding tert-OH is 1. The van der Waals surface area contributed by atoms with Gasteiger partial charge in [0.15, 0.2) is 5.78 Å². The number of rotatable bonds is 9. The Hall–Kier alpha value is -3.78. The maximum Gasteiger partial charge on any atom is 0.269 e. The lowest BCUT2D eigenvalue weighted by molar-refractivity contribution is -0.126. The number of nitrogens with one attached hydrogen (secondary N) is 2. The van der Waals surface area contributed by atoms with Crippen LogP contribution in [-0.4, -0.2) is 45.0 Å². The fraction of sp³-hybridized carbons (Fsp3) is 0.217. The van der Waals surface area contributed by atoms with Crippen LogP contribution in [0.3, 0.4) is 0 Å². The van der Waals surface area contributed by atoms with E-state index in [1.165, 1.54) is 13.0 Å². The van der Waals surface area contributed by atoms with Crippen molar-refractivity contribution in [2.75, 3.05) is 0 Å². The summed E-state index contributed by atoms with van der Waals surface area (Å²) in [6.45, 7) is 1.35. The third kappa shape index (κ3) is 5.86. The second-order valence-corrected chi connectivity index (χ2v) is 7.31. The molecule has 2 aromatic carbocycles. The van der Waals surface area contributed by atoms with Crippen molar-refractivity contribution in [2.45, 2.75) is 31.9 Å². The van der Waals surface area contributed by atoms with Gasteiger partial charge in [0, 0.05) is 19.4 Å². The summed E-state index contributed by atoms with van der Waals surface area (Å²) in [6, 6.07) is 18.5. The number of hydrogen-bond donors (Lipinski definition) is 4. The predicted molar refractivity (Wildman–Crippen MR) is 115 cm³/mol. The van der Waals surface area contributed by atoms with E-state index in [-0.39, 0.29) is 23.6 Å². The number of Topliss-reactive ketones (excluding diaryl/α,β-unsaturated/α-hetero) is 1. The largest absolute Gasteiger partial charge is 0.383 e. The Kier molecular flexibility index (Phi) is 6.94. The molecule has 8 nitrogen and oxygen atoms in total. The number of carbonyl (C=O) groups is 3. The average Bonchev–Trinajstić information content (AvgIpc) is 3.25. The highest BCUT2D eigenvalue weighted by atomic mass is 16.3. The van der Waals surface area contributed by atoms with Gasteiger partial charge in [0.25, 0.3) is 5.91 Å². The van der Waals surface area contributed by atoms with Crippen molar-refractivity contribution >= 4 is 17.6 Å². The number of benzene rings is 2. The van der Waals surface area contributed by atoms with Crippen LogP contribution in [0.5, 0.6) is 0 Å². The smallest absolute Gasteiger partial charge is 0.269 e. The highest BCUT2D eigenvalue weighted by Crippen LogP contribution is 2.20. The Morgan fingerprint density at radius 1 is 1.06 bits per heavy atom. The Morgan fingerprint density at radius 3 is 2.29 bits per heavy atom. The van der Waals surface area contributed by atoms with E-state index in [0.717, 1.165) is 16.7 Å². The van der Waals surface area contributed by atoms with Gasteiger partial charge in [-0.1, -0.05) is 54.6 Å². The molecule has 0 bridgehead atoms. The third-order valence-electron chi connectivity index (χ3n) is 4.90. The van der Waals surface area contributed by atoms with Gasteiger partial charge in [-0.2, -0.15) is 5.10 Å². The van der Waals surface area contributed by atoms with Gasteiger partial charge in [0.05, 0.1) is 0 Å². The number of amides is 2. The van der Waals surface area contributed by atoms with Crippen molar-refractivity contribution in [2.24, 2.45) is 5.73 Å². The summed E-state index contributed by atoms with van der Waals surface area (Å²) < 4.78 is 0. The number of aliphatic hydroxyl groups is 1. The SMILES string of the molecule is CC(=O)c1cc(C(=O)N[C@H](Cc2ccc(-c3ccccc3)cc2)C[C@@H](O)C(N)=O)[nH]n1. The molecular formula is C23H24N4O4. The van der Waals surface area contributed by atoms with Crippen molar-refractivity contribution in [1.29, 1.82) is 0 Å². The second kappa shape index (κ2) is 9.82. The van der Waals surface area contributed by atoms with Crippen LogP contribution in [0.2, 0.25) is 0 Å². The van der Waals surface area contributed by atoms with Gasteiger partial charge in [-0.3, -0.25) is 19.5 Å². The summed E-state index contributed by atoms with van der Waals surface area (Å²) in [7, 11) is 0. The van der Waals surface area contributed by atoms with Crippen LogP contribution in [0.15, 0.2) is 60.7 Å². The topological polar surface area (TPSA) is 138 Å². The molecule has 0 aliphatic rings. The van der Waals surface area contributed by atoms with Crippen LogP contribution in [0.4, 0.5) is 0 Å². The molecule has 0 spiro atoms. The number of aromatic nitrogens is 2. The van der Waals surface area contributed by atoms with Gasteiger partial charge in [-0.15, -0.1) is 0 Å². The van der Waals surface area contributed by atoms with Crippen molar-refractivity contribution in [3.8, 4) is 11.1 Å². The Balaban J connectivity index is 1.74. The van der Waals surface area contributed by atoms with Crippen molar-refractivity contribution in [3.63, 3.8) is 0 Å². The lowest BCUT2D eigenvalue weighted by atomic mass is 9.97. The Labute approximate surface area is 179 Å². The molecule has 31 heavy (non-hydrogen) atoms. The van der Waals surface area contributed by atoms with Crippen LogP contribution < -0.4 is 11.1 Å². The summed E-state index contributed by atoms with van der Waals surface area (Å²) in [4.78, 5) is 35.3. The molecular weight excluding hydrogens is 396 g/mol. The zero-order chi connectivity index (χ0) is 22.4. The molecule has 1 heterocycles. The van der Waals surface area contributed by atoms with Gasteiger partial charge in [-0.05, 0) is 29.2 Å². The number of H-pyrrole nitrogens is 1. The number of nitrogens with two attached hydrogens (primary N) is 1. The lowest BCUT2D eigenvalue weighted by Crippen LogP contribution is -2.42. The maximum atomic E-state index is 12.6. The zero-order valence-electron chi connectivity index (χ0n) is 17.0. The van der Waals surface area contributed by atoms with E-state index >= 15 is 0 Å². The Bertz CT molecular complexity index is 1060. The molecule has 0 fully saturated rings. The zero-order valence-corrected chi connectivity index (χ0v) is 17.0. The number of hydrogen-bond acceptors (Lipinski definition) is 5. The van der Waals surface area contributed by atoms with E-state index in [2.05, 4.69) is 15.5 Å². The number of carbonyl (C=O) groups excluding carboxylic acids is 3. The summed E-state index contributed by atoms with van der Waals surface area (Å²) in [5.74, 6) is -1.63. The highest BCUT2D eigenvalue weighted by Gasteiger charge is 2.22. The van der Waals surface area contributed by atoms with Crippen LogP contribution in [0.1, 0.15) is 39.9 Å². The molecule has 5 N–H and O–H groups in total. The van der Waals surface area contributed by atoms with Gasteiger partial charge >= 0.3 is 0 Å². The molecule has 0 aliphatic heterocycles. The van der Waals surface area contributed by atoms with Gasteiger partial charge < -0.3 is 16.2 Å². The molecule has 0 aliphatic carbocycles. The number of ketones is 1. The molecule has 2 atom stereocenters.